The van der Waals surface area contributed by atoms with Gasteiger partial charge in [0.25, 0.3) is 0 Å². The van der Waals surface area contributed by atoms with Crippen molar-refractivity contribution in [2.24, 2.45) is 0 Å². The molecule has 0 saturated heterocycles. The van der Waals surface area contributed by atoms with E-state index in [1.807, 2.05) is 6.07 Å². The topological polar surface area (TPSA) is 6.25 Å². The van der Waals surface area contributed by atoms with E-state index in [4.69, 9.17) is 11.6 Å². The summed E-state index contributed by atoms with van der Waals surface area (Å²) in [6.07, 6.45) is 5.52. The Morgan fingerprint density at radius 3 is 2.26 bits per heavy atom. The van der Waals surface area contributed by atoms with Crippen LogP contribution in [0.15, 0.2) is 48.5 Å². The Balaban J connectivity index is 1.92. The first-order valence-electron chi connectivity index (χ1n) is 9.88. The van der Waals surface area contributed by atoms with Crippen LogP contribution in [0.3, 0.4) is 0 Å². The molecule has 0 aliphatic carbocycles. The first-order chi connectivity index (χ1) is 12.9. The lowest BCUT2D eigenvalue weighted by Gasteiger charge is -2.21. The molecule has 0 amide bonds. The molecule has 1 heterocycles. The number of benzene rings is 2. The van der Waals surface area contributed by atoms with Crippen LogP contribution in [0.2, 0.25) is 5.02 Å². The molecular weight excluding hydrogens is 352 g/mol. The fourth-order valence-electron chi connectivity index (χ4n) is 4.11. The molecule has 0 aromatic heterocycles. The highest BCUT2D eigenvalue weighted by Gasteiger charge is 2.45. The molecule has 2 nitrogen and oxygen atoms in total. The lowest BCUT2D eigenvalue weighted by molar-refractivity contribution is -0.401. The summed E-state index contributed by atoms with van der Waals surface area (Å²) in [4.78, 5) is 2.36. The van der Waals surface area contributed by atoms with Gasteiger partial charge in [0.05, 0.1) is 5.41 Å². The molecule has 0 saturated carbocycles. The van der Waals surface area contributed by atoms with Gasteiger partial charge < -0.3 is 4.90 Å². The minimum Gasteiger partial charge on any atom is -0.372 e. The summed E-state index contributed by atoms with van der Waals surface area (Å²) in [7, 11) is 2.15. The third kappa shape index (κ3) is 3.55. The summed E-state index contributed by atoms with van der Waals surface area (Å²) in [6.45, 7) is 11.0. The van der Waals surface area contributed by atoms with Crippen LogP contribution in [0.5, 0.6) is 0 Å². The average molecular weight is 382 g/mol. The van der Waals surface area contributed by atoms with Crippen molar-refractivity contribution in [3.8, 4) is 0 Å². The van der Waals surface area contributed by atoms with Crippen LogP contribution >= 0.6 is 11.6 Å². The molecule has 0 spiro atoms. The summed E-state index contributed by atoms with van der Waals surface area (Å²) < 4.78 is 2.30. The van der Waals surface area contributed by atoms with Crippen molar-refractivity contribution in [2.45, 2.75) is 39.5 Å². The number of hydrogen-bond donors (Lipinski definition) is 0. The fraction of sp³-hybridized carbons (Fsp3) is 0.375. The number of nitrogens with zero attached hydrogens (tertiary/aromatic N) is 2. The third-order valence-electron chi connectivity index (χ3n) is 6.00. The van der Waals surface area contributed by atoms with E-state index in [1.54, 1.807) is 0 Å². The predicted molar refractivity (Wildman–Crippen MR) is 119 cm³/mol. The van der Waals surface area contributed by atoms with Crippen molar-refractivity contribution in [3.63, 3.8) is 0 Å². The predicted octanol–water partition coefficient (Wildman–Crippen LogP) is 6.30. The summed E-state index contributed by atoms with van der Waals surface area (Å²) >= 11 is 6.29. The molecule has 27 heavy (non-hydrogen) atoms. The molecule has 0 radical (unpaired) electrons. The Hall–Kier alpha value is -2.06. The lowest BCUT2D eigenvalue weighted by Crippen LogP contribution is -2.29. The molecule has 1 unspecified atom stereocenters. The number of fused-ring (bicyclic) bond motifs is 1. The van der Waals surface area contributed by atoms with Gasteiger partial charge in [0.1, 0.15) is 7.05 Å². The normalized spacial score (nSPS) is 19.0. The van der Waals surface area contributed by atoms with Crippen LogP contribution in [0.4, 0.5) is 11.4 Å². The summed E-state index contributed by atoms with van der Waals surface area (Å²) in [5.74, 6) is 0. The quantitative estimate of drug-likeness (QED) is 0.532. The van der Waals surface area contributed by atoms with Crippen LogP contribution in [0.25, 0.3) is 6.08 Å². The van der Waals surface area contributed by atoms with E-state index < -0.39 is 0 Å². The lowest BCUT2D eigenvalue weighted by atomic mass is 9.77. The molecular formula is C24H30ClN2+. The highest BCUT2D eigenvalue weighted by Crippen LogP contribution is 2.43. The Bertz CT molecular complexity index is 876. The van der Waals surface area contributed by atoms with Crippen LogP contribution < -0.4 is 4.90 Å². The summed E-state index contributed by atoms with van der Waals surface area (Å²) in [5, 5.41) is 0.805. The van der Waals surface area contributed by atoms with Gasteiger partial charge in [-0.25, -0.2) is 0 Å². The van der Waals surface area contributed by atoms with Gasteiger partial charge in [-0.3, -0.25) is 0 Å². The molecule has 1 aliphatic heterocycles. The largest absolute Gasteiger partial charge is 0.372 e. The highest BCUT2D eigenvalue weighted by molar-refractivity contribution is 6.30. The van der Waals surface area contributed by atoms with Crippen molar-refractivity contribution >= 4 is 34.8 Å². The summed E-state index contributed by atoms with van der Waals surface area (Å²) in [6, 6.07) is 15.1. The van der Waals surface area contributed by atoms with Crippen LogP contribution in [0.1, 0.15) is 45.2 Å². The molecule has 3 heteroatoms. The van der Waals surface area contributed by atoms with E-state index >= 15 is 0 Å². The molecule has 1 atom stereocenters. The maximum absolute atomic E-state index is 6.29. The number of anilines is 1. The van der Waals surface area contributed by atoms with Crippen LogP contribution in [-0.2, 0) is 5.41 Å². The zero-order valence-corrected chi connectivity index (χ0v) is 17.8. The standard InChI is InChI=1S/C24H30ClN2/c1-6-24(4)21-17-19(25)12-15-22(21)26(5)23(24)16-11-18-9-13-20(14-10-18)27(7-2)8-3/h9-17H,6-8H2,1-5H3/q+1. The third-order valence-corrected chi connectivity index (χ3v) is 6.24. The smallest absolute Gasteiger partial charge is 0.209 e. The molecule has 2 aromatic carbocycles. The van der Waals surface area contributed by atoms with Gasteiger partial charge in [0.2, 0.25) is 5.69 Å². The van der Waals surface area contributed by atoms with E-state index in [2.05, 4.69) is 92.8 Å². The van der Waals surface area contributed by atoms with Crippen molar-refractivity contribution in [2.75, 3.05) is 25.0 Å². The van der Waals surface area contributed by atoms with Gasteiger partial charge >= 0.3 is 0 Å². The Morgan fingerprint density at radius 1 is 1.00 bits per heavy atom. The number of rotatable bonds is 6. The van der Waals surface area contributed by atoms with Gasteiger partial charge in [-0.15, -0.1) is 0 Å². The Kier molecular flexibility index (Phi) is 5.76. The second-order valence-corrected chi connectivity index (χ2v) is 7.82. The number of allylic oxidation sites excluding steroid dienone is 1. The highest BCUT2D eigenvalue weighted by atomic mass is 35.5. The first-order valence-corrected chi connectivity index (χ1v) is 10.3. The summed E-state index contributed by atoms with van der Waals surface area (Å²) in [5.41, 5.74) is 6.36. The van der Waals surface area contributed by atoms with Crippen molar-refractivity contribution in [1.29, 1.82) is 0 Å². The van der Waals surface area contributed by atoms with E-state index in [1.165, 1.54) is 28.2 Å². The van der Waals surface area contributed by atoms with Crippen molar-refractivity contribution in [1.82, 2.24) is 0 Å². The Morgan fingerprint density at radius 2 is 1.67 bits per heavy atom. The molecule has 0 bridgehead atoms. The van der Waals surface area contributed by atoms with E-state index in [0.717, 1.165) is 24.5 Å². The first kappa shape index (κ1) is 19.7. The van der Waals surface area contributed by atoms with Gasteiger partial charge in [0, 0.05) is 41.5 Å². The second kappa shape index (κ2) is 7.90. The van der Waals surface area contributed by atoms with E-state index in [-0.39, 0.29) is 5.41 Å². The number of halogens is 1. The Labute approximate surface area is 168 Å². The SMILES string of the molecule is CCN(CC)c1ccc(/C=C/C2=[N+](C)c3ccc(Cl)cc3C2(C)CC)cc1. The van der Waals surface area contributed by atoms with Crippen molar-refractivity contribution < 1.29 is 4.58 Å². The van der Waals surface area contributed by atoms with Crippen molar-refractivity contribution in [3.05, 3.63) is 64.7 Å². The van der Waals surface area contributed by atoms with Gasteiger partial charge in [0.15, 0.2) is 5.71 Å². The van der Waals surface area contributed by atoms with E-state index in [9.17, 15) is 0 Å². The molecule has 2 aromatic rings. The maximum Gasteiger partial charge on any atom is 0.209 e. The zero-order chi connectivity index (χ0) is 19.6. The van der Waals surface area contributed by atoms with Gasteiger partial charge in [-0.2, -0.15) is 4.58 Å². The fourth-order valence-corrected chi connectivity index (χ4v) is 4.28. The average Bonchev–Trinajstić information content (AvgIpc) is 2.89. The minimum absolute atomic E-state index is 0.0212. The molecule has 142 valence electrons. The van der Waals surface area contributed by atoms with Gasteiger partial charge in [-0.1, -0.05) is 30.7 Å². The minimum atomic E-state index is -0.0212. The van der Waals surface area contributed by atoms with E-state index in [0.29, 0.717) is 0 Å². The maximum atomic E-state index is 6.29. The molecule has 3 rings (SSSR count). The zero-order valence-electron chi connectivity index (χ0n) is 17.1. The number of hydrogen-bond acceptors (Lipinski definition) is 1. The van der Waals surface area contributed by atoms with Crippen LogP contribution in [0, 0.1) is 0 Å². The molecule has 1 aliphatic rings. The monoisotopic (exact) mass is 381 g/mol. The van der Waals surface area contributed by atoms with Gasteiger partial charge in [-0.05, 0) is 63.1 Å². The van der Waals surface area contributed by atoms with Crippen LogP contribution in [-0.4, -0.2) is 30.4 Å². The second-order valence-electron chi connectivity index (χ2n) is 7.39. The molecule has 0 fully saturated rings. The molecule has 0 N–H and O–H groups in total.